The van der Waals surface area contributed by atoms with E-state index in [0.29, 0.717) is 11.9 Å². The molecule has 1 spiro atoms. The van der Waals surface area contributed by atoms with Crippen molar-refractivity contribution in [3.05, 3.63) is 30.6 Å². The van der Waals surface area contributed by atoms with Crippen LogP contribution in [0.1, 0.15) is 50.5 Å². The van der Waals surface area contributed by atoms with Crippen LogP contribution in [0.25, 0.3) is 0 Å². The fourth-order valence-electron chi connectivity index (χ4n) is 5.12. The van der Waals surface area contributed by atoms with E-state index >= 15 is 0 Å². The number of rotatable bonds is 5. The van der Waals surface area contributed by atoms with E-state index in [0.717, 1.165) is 45.6 Å². The van der Waals surface area contributed by atoms with Gasteiger partial charge in [0.2, 0.25) is 5.91 Å². The minimum absolute atomic E-state index is 0.113. The maximum absolute atomic E-state index is 13.3. The van der Waals surface area contributed by atoms with E-state index in [4.69, 9.17) is 0 Å². The van der Waals surface area contributed by atoms with Crippen LogP contribution in [0, 0.1) is 5.41 Å². The van der Waals surface area contributed by atoms with Gasteiger partial charge in [-0.1, -0.05) is 18.9 Å². The predicted octanol–water partition coefficient (Wildman–Crippen LogP) is 2.83. The number of likely N-dealkylation sites (tertiary alicyclic amines) is 2. The molecule has 2 aliphatic heterocycles. The second-order valence-electron chi connectivity index (χ2n) is 8.14. The number of hydrogen-bond donors (Lipinski definition) is 0. The first kappa shape index (κ1) is 16.8. The van der Waals surface area contributed by atoms with Crippen molar-refractivity contribution >= 4 is 5.91 Å². The Morgan fingerprint density at radius 3 is 2.88 bits per heavy atom. The van der Waals surface area contributed by atoms with Crippen molar-refractivity contribution in [1.29, 1.82) is 0 Å². The van der Waals surface area contributed by atoms with Gasteiger partial charge in [0.1, 0.15) is 0 Å². The molecule has 0 bridgehead atoms. The van der Waals surface area contributed by atoms with Crippen molar-refractivity contribution in [3.63, 3.8) is 0 Å². The van der Waals surface area contributed by atoms with Gasteiger partial charge in [-0.3, -0.25) is 14.4 Å². The van der Waals surface area contributed by atoms with Crippen LogP contribution < -0.4 is 0 Å². The molecular formula is C20H30N4O. The first-order valence-corrected chi connectivity index (χ1v) is 9.86. The van der Waals surface area contributed by atoms with E-state index < -0.39 is 0 Å². The van der Waals surface area contributed by atoms with Gasteiger partial charge in [-0.2, -0.15) is 5.10 Å². The highest BCUT2D eigenvalue weighted by molar-refractivity contribution is 5.84. The molecule has 3 heterocycles. The number of hydrogen-bond acceptors (Lipinski definition) is 3. The molecule has 3 fully saturated rings. The monoisotopic (exact) mass is 342 g/mol. The van der Waals surface area contributed by atoms with Gasteiger partial charge in [-0.05, 0) is 38.6 Å². The molecule has 0 unspecified atom stereocenters. The fraction of sp³-hybridized carbons (Fsp3) is 0.700. The molecule has 25 heavy (non-hydrogen) atoms. The molecule has 0 aromatic carbocycles. The van der Waals surface area contributed by atoms with Gasteiger partial charge < -0.3 is 4.90 Å². The number of carbonyl (C=O) groups excluding carboxylic acids is 1. The zero-order valence-corrected chi connectivity index (χ0v) is 15.2. The molecule has 1 atom stereocenters. The lowest BCUT2D eigenvalue weighted by Crippen LogP contribution is -2.53. The lowest BCUT2D eigenvalue weighted by molar-refractivity contribution is -0.148. The van der Waals surface area contributed by atoms with Crippen molar-refractivity contribution in [2.24, 2.45) is 5.41 Å². The Bertz CT molecular complexity index is 633. The Hall–Kier alpha value is -1.62. The van der Waals surface area contributed by atoms with Gasteiger partial charge in [0.25, 0.3) is 0 Å². The first-order chi connectivity index (χ1) is 12.2. The number of aromatic nitrogens is 2. The summed E-state index contributed by atoms with van der Waals surface area (Å²) in [5.41, 5.74) is 1.12. The minimum Gasteiger partial charge on any atom is -0.339 e. The van der Waals surface area contributed by atoms with Crippen molar-refractivity contribution < 1.29 is 4.79 Å². The molecule has 2 saturated heterocycles. The Kier molecular flexibility index (Phi) is 4.67. The van der Waals surface area contributed by atoms with Crippen molar-refractivity contribution in [1.82, 2.24) is 19.6 Å². The third-order valence-electron chi connectivity index (χ3n) is 6.38. The second-order valence-corrected chi connectivity index (χ2v) is 8.14. The highest BCUT2D eigenvalue weighted by Gasteiger charge is 2.49. The Morgan fingerprint density at radius 2 is 2.08 bits per heavy atom. The van der Waals surface area contributed by atoms with Gasteiger partial charge in [0.05, 0.1) is 18.2 Å². The summed E-state index contributed by atoms with van der Waals surface area (Å²) in [5.74, 6) is 0.454. The predicted molar refractivity (Wildman–Crippen MR) is 98.0 cm³/mol. The minimum atomic E-state index is -0.113. The van der Waals surface area contributed by atoms with Crippen LogP contribution in [-0.4, -0.2) is 51.2 Å². The second kappa shape index (κ2) is 6.94. The smallest absolute Gasteiger partial charge is 0.230 e. The zero-order valence-electron chi connectivity index (χ0n) is 15.2. The maximum atomic E-state index is 13.3. The lowest BCUT2D eigenvalue weighted by Gasteiger charge is -2.42. The molecule has 1 amide bonds. The average Bonchev–Trinajstić information content (AvgIpc) is 3.34. The van der Waals surface area contributed by atoms with Crippen molar-refractivity contribution in [2.75, 3.05) is 19.6 Å². The van der Waals surface area contributed by atoms with E-state index in [1.165, 1.54) is 37.7 Å². The molecule has 1 aromatic rings. The average molecular weight is 342 g/mol. The van der Waals surface area contributed by atoms with Crippen molar-refractivity contribution in [3.8, 4) is 0 Å². The molecule has 5 nitrogen and oxygen atoms in total. The topological polar surface area (TPSA) is 41.4 Å². The summed E-state index contributed by atoms with van der Waals surface area (Å²) >= 11 is 0. The molecule has 5 heteroatoms. The van der Waals surface area contributed by atoms with Gasteiger partial charge >= 0.3 is 0 Å². The van der Waals surface area contributed by atoms with Gasteiger partial charge in [0.15, 0.2) is 0 Å². The van der Waals surface area contributed by atoms with Crippen LogP contribution in [0.2, 0.25) is 0 Å². The Balaban J connectivity index is 1.41. The van der Waals surface area contributed by atoms with Crippen LogP contribution in [0.3, 0.4) is 0 Å². The molecule has 4 rings (SSSR count). The van der Waals surface area contributed by atoms with Gasteiger partial charge in [-0.25, -0.2) is 0 Å². The molecule has 136 valence electrons. The largest absolute Gasteiger partial charge is 0.339 e. The highest BCUT2D eigenvalue weighted by Crippen LogP contribution is 2.42. The zero-order chi connectivity index (χ0) is 17.3. The summed E-state index contributed by atoms with van der Waals surface area (Å²) in [7, 11) is 0. The van der Waals surface area contributed by atoms with E-state index in [2.05, 4.69) is 27.7 Å². The molecular weight excluding hydrogens is 312 g/mol. The third kappa shape index (κ3) is 3.26. The number of allylic oxidation sites excluding steroid dienone is 1. The highest BCUT2D eigenvalue weighted by atomic mass is 16.2. The number of amides is 1. The number of nitrogens with zero attached hydrogens (tertiary/aromatic N) is 4. The molecule has 1 aliphatic carbocycles. The molecule has 3 aliphatic rings. The molecule has 0 radical (unpaired) electrons. The molecule has 1 saturated carbocycles. The van der Waals surface area contributed by atoms with E-state index in [1.807, 2.05) is 17.0 Å². The Morgan fingerprint density at radius 1 is 1.24 bits per heavy atom. The summed E-state index contributed by atoms with van der Waals surface area (Å²) in [6.45, 7) is 8.34. The normalized spacial score (nSPS) is 28.3. The van der Waals surface area contributed by atoms with Gasteiger partial charge in [0, 0.05) is 37.4 Å². The maximum Gasteiger partial charge on any atom is 0.230 e. The third-order valence-corrected chi connectivity index (χ3v) is 6.38. The summed E-state index contributed by atoms with van der Waals surface area (Å²) < 4.78 is 1.92. The van der Waals surface area contributed by atoms with Crippen LogP contribution in [-0.2, 0) is 17.9 Å². The summed E-state index contributed by atoms with van der Waals surface area (Å²) in [6.07, 6.45) is 14.2. The van der Waals surface area contributed by atoms with E-state index in [1.54, 1.807) is 0 Å². The summed E-state index contributed by atoms with van der Waals surface area (Å²) in [6, 6.07) is 0.524. The van der Waals surface area contributed by atoms with E-state index in [-0.39, 0.29) is 5.41 Å². The van der Waals surface area contributed by atoms with Crippen LogP contribution in [0.4, 0.5) is 0 Å². The quantitative estimate of drug-likeness (QED) is 0.773. The Labute approximate surface area is 150 Å². The summed E-state index contributed by atoms with van der Waals surface area (Å²) in [4.78, 5) is 18.0. The van der Waals surface area contributed by atoms with Crippen LogP contribution >= 0.6 is 0 Å². The van der Waals surface area contributed by atoms with Crippen molar-refractivity contribution in [2.45, 2.75) is 64.1 Å². The van der Waals surface area contributed by atoms with Gasteiger partial charge in [-0.15, -0.1) is 6.58 Å². The molecule has 0 N–H and O–H groups in total. The lowest BCUT2D eigenvalue weighted by atomic mass is 9.77. The summed E-state index contributed by atoms with van der Waals surface area (Å²) in [5, 5.41) is 4.37. The van der Waals surface area contributed by atoms with Crippen LogP contribution in [0.15, 0.2) is 25.0 Å². The molecule has 1 aromatic heterocycles. The fourth-order valence-corrected chi connectivity index (χ4v) is 5.12. The van der Waals surface area contributed by atoms with E-state index in [9.17, 15) is 4.79 Å². The number of carbonyl (C=O) groups is 1. The number of piperidine rings is 1. The SMILES string of the molecule is C=CCn1cc(CN2CC[C@@]3(CCCN(C4CCCC4)C3=O)C2)cn1. The standard InChI is InChI=1S/C20H30N4O/c1-2-10-23-15-17(13-21-23)14-22-12-9-20(16-22)8-5-11-24(19(20)25)18-6-3-4-7-18/h2,13,15,18H,1,3-12,14,16H2/t20-/m0/s1. The first-order valence-electron chi connectivity index (χ1n) is 9.86. The van der Waals surface area contributed by atoms with Crippen LogP contribution in [0.5, 0.6) is 0 Å².